The fourth-order valence-electron chi connectivity index (χ4n) is 12.5. The number of para-hydroxylation sites is 3. The van der Waals surface area contributed by atoms with Gasteiger partial charge < -0.3 is 19.4 Å². The highest BCUT2D eigenvalue weighted by molar-refractivity contribution is 6.09. The van der Waals surface area contributed by atoms with E-state index in [4.69, 9.17) is 9.72 Å². The van der Waals surface area contributed by atoms with Crippen LogP contribution in [0.25, 0.3) is 49.9 Å². The quantitative estimate of drug-likeness (QED) is 0.159. The lowest BCUT2D eigenvalue weighted by molar-refractivity contribution is 0.483. The number of nitrogens with zero attached hydrogens (tertiary/aromatic N) is 5. The Labute approximate surface area is 445 Å². The molecule has 2 aromatic heterocycles. The lowest BCUT2D eigenvalue weighted by atomic mass is 9.65. The number of hydrogen-bond donors (Lipinski definition) is 0. The minimum absolute atomic E-state index is 0.0176. The number of rotatable bonds is 7. The van der Waals surface area contributed by atoms with Crippen molar-refractivity contribution in [1.82, 2.24) is 9.55 Å². The van der Waals surface area contributed by atoms with Gasteiger partial charge in [-0.3, -0.25) is 4.57 Å². The summed E-state index contributed by atoms with van der Waals surface area (Å²) in [5, 5.41) is 2.34. The molecule has 0 spiro atoms. The topological polar surface area (TPSA) is 36.8 Å². The lowest BCUT2D eigenvalue weighted by Gasteiger charge is -2.50. The van der Waals surface area contributed by atoms with Crippen LogP contribution < -0.4 is 19.4 Å². The van der Waals surface area contributed by atoms with E-state index in [2.05, 4.69) is 280 Å². The average Bonchev–Trinajstić information content (AvgIpc) is 4.11. The summed E-state index contributed by atoms with van der Waals surface area (Å²) in [5.41, 5.74) is 21.2. The van der Waals surface area contributed by atoms with Gasteiger partial charge in [0.05, 0.1) is 39.5 Å². The maximum absolute atomic E-state index is 6.86. The van der Waals surface area contributed by atoms with E-state index in [9.17, 15) is 0 Å². The monoisotopic (exact) mass is 985 g/mol. The largest absolute Gasteiger partial charge is 0.457 e. The van der Waals surface area contributed by atoms with Gasteiger partial charge in [0.2, 0.25) is 0 Å². The number of anilines is 7. The Kier molecular flexibility index (Phi) is 10.1. The van der Waals surface area contributed by atoms with Gasteiger partial charge in [-0.2, -0.15) is 0 Å². The summed E-state index contributed by atoms with van der Waals surface area (Å²) in [5.74, 6) is 2.43. The first kappa shape index (κ1) is 45.7. The van der Waals surface area contributed by atoms with Crippen molar-refractivity contribution in [3.05, 3.63) is 246 Å². The predicted octanol–water partition coefficient (Wildman–Crippen LogP) is 18.6. The zero-order valence-electron chi connectivity index (χ0n) is 44.1. The Morgan fingerprint density at radius 2 is 1.00 bits per heavy atom. The van der Waals surface area contributed by atoms with Crippen LogP contribution in [0.2, 0.25) is 0 Å². The van der Waals surface area contributed by atoms with Gasteiger partial charge in [0, 0.05) is 51.3 Å². The van der Waals surface area contributed by atoms with E-state index in [-0.39, 0.29) is 16.2 Å². The molecule has 0 fully saturated rings. The van der Waals surface area contributed by atoms with Crippen molar-refractivity contribution in [1.29, 1.82) is 0 Å². The maximum Gasteiger partial charge on any atom is 0.137 e. The summed E-state index contributed by atoms with van der Waals surface area (Å²) in [6, 6.07) is 77.6. The minimum Gasteiger partial charge on any atom is -0.457 e. The third kappa shape index (κ3) is 7.11. The molecule has 9 aromatic carbocycles. The highest BCUT2D eigenvalue weighted by Gasteiger charge is 2.47. The molecule has 14 rings (SSSR count). The van der Waals surface area contributed by atoms with Gasteiger partial charge in [-0.15, -0.1) is 0 Å². The second kappa shape index (κ2) is 16.8. The Bertz CT molecular complexity index is 4000. The Morgan fingerprint density at radius 1 is 0.434 bits per heavy atom. The molecule has 3 aliphatic rings. The molecule has 0 saturated heterocycles. The van der Waals surface area contributed by atoms with Gasteiger partial charge >= 0.3 is 0 Å². The summed E-state index contributed by atoms with van der Waals surface area (Å²) in [4.78, 5) is 12.4. The molecule has 370 valence electrons. The van der Waals surface area contributed by atoms with E-state index >= 15 is 0 Å². The molecule has 0 amide bonds. The van der Waals surface area contributed by atoms with Gasteiger partial charge in [-0.1, -0.05) is 158 Å². The molecule has 0 bridgehead atoms. The van der Waals surface area contributed by atoms with Crippen LogP contribution in [0.1, 0.15) is 76.3 Å². The summed E-state index contributed by atoms with van der Waals surface area (Å²) < 4.78 is 9.13. The first-order chi connectivity index (χ1) is 36.8. The van der Waals surface area contributed by atoms with Crippen molar-refractivity contribution >= 4 is 61.6 Å². The van der Waals surface area contributed by atoms with Gasteiger partial charge in [0.25, 0.3) is 0 Å². The predicted molar refractivity (Wildman–Crippen MR) is 316 cm³/mol. The van der Waals surface area contributed by atoms with Gasteiger partial charge in [0.1, 0.15) is 24.0 Å². The zero-order chi connectivity index (χ0) is 51.7. The third-order valence-corrected chi connectivity index (χ3v) is 16.6. The second-order valence-corrected chi connectivity index (χ2v) is 22.9. The fourth-order valence-corrected chi connectivity index (χ4v) is 12.5. The van der Waals surface area contributed by atoms with Crippen molar-refractivity contribution in [2.45, 2.75) is 64.7 Å². The molecular weight excluding hydrogens is 927 g/mol. The number of benzene rings is 9. The van der Waals surface area contributed by atoms with Crippen molar-refractivity contribution in [2.24, 2.45) is 0 Å². The van der Waals surface area contributed by atoms with Crippen LogP contribution in [0, 0.1) is 0 Å². The van der Waals surface area contributed by atoms with Crippen LogP contribution in [0.5, 0.6) is 11.5 Å². The molecule has 76 heavy (non-hydrogen) atoms. The SMILES string of the molecule is CC(C)(C)c1ccnc(-n2c3ccccc3c3ccc(Oc4cccc(N5CN(c6cc7c8c(c6)C(C)(C)c6cc(-c9ccccc9)ccc6N8c6ccc(-c8ccccc8)cc6C7(C)C)c6ccccc65)c4)cc32)c1. The van der Waals surface area contributed by atoms with Crippen molar-refractivity contribution in [3.63, 3.8) is 0 Å². The van der Waals surface area contributed by atoms with Crippen LogP contribution in [0.15, 0.2) is 219 Å². The van der Waals surface area contributed by atoms with Crippen LogP contribution in [0.3, 0.4) is 0 Å². The second-order valence-electron chi connectivity index (χ2n) is 22.9. The molecule has 6 heteroatoms. The van der Waals surface area contributed by atoms with E-state index in [1.54, 1.807) is 0 Å². The Hall–Kier alpha value is -8.87. The summed E-state index contributed by atoms with van der Waals surface area (Å²) in [6.07, 6.45) is 1.93. The number of ether oxygens (including phenoxy) is 1. The average molecular weight is 986 g/mol. The molecule has 0 atom stereocenters. The molecule has 0 radical (unpaired) electrons. The van der Waals surface area contributed by atoms with Crippen molar-refractivity contribution < 1.29 is 4.74 Å². The van der Waals surface area contributed by atoms with Crippen LogP contribution in [0.4, 0.5) is 39.8 Å². The summed E-state index contributed by atoms with van der Waals surface area (Å²) in [7, 11) is 0. The van der Waals surface area contributed by atoms with Crippen molar-refractivity contribution in [3.8, 4) is 39.6 Å². The fraction of sp³-hybridized carbons (Fsp3) is 0.157. The molecular formula is C70H59N5O. The standard InChI is InChI=1S/C70H59N5O/c1-68(2,3)49-35-36-71-66(39-49)74-60-26-15-14-25-54(60)55-32-31-53(43-65(55)74)76-52-24-18-23-50(40-52)72-44-73(64-28-17-16-27-63(64)72)51-41-58-67-59(42-51)70(6,7)57-38-48(46-21-12-9-13-22-46)30-34-62(57)75(67)61-33-29-47(37-56(61)69(58,4)5)45-19-10-8-11-20-45/h8-43H,44H2,1-7H3. The molecule has 0 aliphatic carbocycles. The normalized spacial score (nSPS) is 14.9. The first-order valence-electron chi connectivity index (χ1n) is 26.6. The number of hydrogen-bond acceptors (Lipinski definition) is 5. The minimum atomic E-state index is -0.330. The van der Waals surface area contributed by atoms with E-state index < -0.39 is 0 Å². The highest BCUT2D eigenvalue weighted by atomic mass is 16.5. The van der Waals surface area contributed by atoms with E-state index in [1.165, 1.54) is 83.9 Å². The molecule has 0 unspecified atom stereocenters. The summed E-state index contributed by atoms with van der Waals surface area (Å²) in [6.45, 7) is 17.1. The summed E-state index contributed by atoms with van der Waals surface area (Å²) >= 11 is 0. The molecule has 0 saturated carbocycles. The number of pyridine rings is 1. The molecule has 6 nitrogen and oxygen atoms in total. The molecule has 5 heterocycles. The van der Waals surface area contributed by atoms with E-state index in [0.29, 0.717) is 6.67 Å². The third-order valence-electron chi connectivity index (χ3n) is 16.6. The Balaban J connectivity index is 0.862. The van der Waals surface area contributed by atoms with Crippen molar-refractivity contribution in [2.75, 3.05) is 21.4 Å². The highest BCUT2D eigenvalue weighted by Crippen LogP contribution is 2.62. The van der Waals surface area contributed by atoms with Gasteiger partial charge in [0.15, 0.2) is 0 Å². The lowest BCUT2D eigenvalue weighted by Crippen LogP contribution is -2.38. The van der Waals surface area contributed by atoms with Crippen LogP contribution >= 0.6 is 0 Å². The first-order valence-corrected chi connectivity index (χ1v) is 26.6. The van der Waals surface area contributed by atoms with Gasteiger partial charge in [-0.25, -0.2) is 4.98 Å². The molecule has 3 aliphatic heterocycles. The van der Waals surface area contributed by atoms with Crippen LogP contribution in [-0.4, -0.2) is 16.2 Å². The number of fused-ring (bicyclic) bond motifs is 8. The molecule has 0 N–H and O–H groups in total. The maximum atomic E-state index is 6.86. The zero-order valence-corrected chi connectivity index (χ0v) is 44.1. The van der Waals surface area contributed by atoms with Gasteiger partial charge in [-0.05, 0) is 146 Å². The Morgan fingerprint density at radius 3 is 1.63 bits per heavy atom. The van der Waals surface area contributed by atoms with E-state index in [0.717, 1.165) is 45.1 Å². The van der Waals surface area contributed by atoms with E-state index in [1.807, 2.05) is 6.20 Å². The smallest absolute Gasteiger partial charge is 0.137 e. The number of aromatic nitrogens is 2. The van der Waals surface area contributed by atoms with Crippen LogP contribution in [-0.2, 0) is 16.2 Å². The molecule has 11 aromatic rings.